The molecule has 6 heteroatoms. The number of nitrogens with zero attached hydrogens (tertiary/aromatic N) is 2. The Hall–Kier alpha value is -3.02. The van der Waals surface area contributed by atoms with Crippen LogP contribution in [0.3, 0.4) is 0 Å². The van der Waals surface area contributed by atoms with Crippen molar-refractivity contribution in [1.29, 1.82) is 0 Å². The van der Waals surface area contributed by atoms with E-state index < -0.39 is 0 Å². The number of benzene rings is 1. The van der Waals surface area contributed by atoms with Gasteiger partial charge in [-0.15, -0.1) is 0 Å². The van der Waals surface area contributed by atoms with Gasteiger partial charge in [-0.05, 0) is 50.5 Å². The molecule has 1 amide bonds. The number of aromatic nitrogens is 1. The molecule has 1 N–H and O–H groups in total. The molecule has 0 bridgehead atoms. The lowest BCUT2D eigenvalue weighted by Gasteiger charge is -2.27. The van der Waals surface area contributed by atoms with Crippen molar-refractivity contribution in [2.75, 3.05) is 37.5 Å². The van der Waals surface area contributed by atoms with Crippen LogP contribution in [0.1, 0.15) is 42.1 Å². The first kappa shape index (κ1) is 19.7. The van der Waals surface area contributed by atoms with Crippen molar-refractivity contribution in [3.05, 3.63) is 47.7 Å². The number of rotatable bonds is 6. The van der Waals surface area contributed by atoms with E-state index in [0.717, 1.165) is 24.5 Å². The van der Waals surface area contributed by atoms with Crippen molar-refractivity contribution in [3.63, 3.8) is 0 Å². The summed E-state index contributed by atoms with van der Waals surface area (Å²) in [7, 11) is 3.14. The van der Waals surface area contributed by atoms with Gasteiger partial charge in [0.2, 0.25) is 0 Å². The summed E-state index contributed by atoms with van der Waals surface area (Å²) in [4.78, 5) is 19.6. The van der Waals surface area contributed by atoms with Crippen LogP contribution in [0.15, 0.2) is 36.5 Å². The van der Waals surface area contributed by atoms with Crippen LogP contribution in [-0.2, 0) is 0 Å². The second-order valence-electron chi connectivity index (χ2n) is 6.71. The molecule has 1 fully saturated rings. The minimum atomic E-state index is -0.223. The third kappa shape index (κ3) is 4.44. The number of carbonyl (C=O) groups is 1. The predicted molar refractivity (Wildman–Crippen MR) is 113 cm³/mol. The van der Waals surface area contributed by atoms with E-state index in [1.165, 1.54) is 19.3 Å². The van der Waals surface area contributed by atoms with E-state index in [2.05, 4.69) is 15.2 Å². The van der Waals surface area contributed by atoms with Crippen molar-refractivity contribution >= 4 is 23.5 Å². The van der Waals surface area contributed by atoms with Crippen molar-refractivity contribution < 1.29 is 14.3 Å². The summed E-state index contributed by atoms with van der Waals surface area (Å²) in [6.45, 7) is 3.99. The van der Waals surface area contributed by atoms with Crippen molar-refractivity contribution in [2.45, 2.75) is 26.2 Å². The second kappa shape index (κ2) is 9.26. The fourth-order valence-corrected chi connectivity index (χ4v) is 3.40. The summed E-state index contributed by atoms with van der Waals surface area (Å²) < 4.78 is 10.8. The monoisotopic (exact) mass is 381 g/mol. The molecule has 6 nitrogen and oxygen atoms in total. The zero-order valence-corrected chi connectivity index (χ0v) is 16.7. The maximum absolute atomic E-state index is 12.8. The van der Waals surface area contributed by atoms with Gasteiger partial charge in [0.1, 0.15) is 5.82 Å². The molecule has 0 spiro atoms. The molecule has 1 saturated heterocycles. The Bertz CT molecular complexity index is 841. The molecule has 1 aliphatic heterocycles. The number of anilines is 2. The molecule has 0 atom stereocenters. The molecule has 0 aliphatic carbocycles. The molecule has 148 valence electrons. The molecule has 0 radical (unpaired) electrons. The van der Waals surface area contributed by atoms with Gasteiger partial charge in [-0.3, -0.25) is 4.79 Å². The maximum Gasteiger partial charge on any atom is 0.255 e. The number of hydrogen-bond acceptors (Lipinski definition) is 5. The number of allylic oxidation sites excluding steroid dienone is 1. The molecule has 2 heterocycles. The highest BCUT2D eigenvalue weighted by Crippen LogP contribution is 2.34. The molecule has 2 aromatic rings. The number of nitrogens with one attached hydrogen (secondary N) is 1. The summed E-state index contributed by atoms with van der Waals surface area (Å²) in [6, 6.07) is 7.31. The fraction of sp³-hybridized carbons (Fsp3) is 0.364. The van der Waals surface area contributed by atoms with Crippen LogP contribution in [0.2, 0.25) is 0 Å². The Kier molecular flexibility index (Phi) is 6.53. The van der Waals surface area contributed by atoms with Crippen LogP contribution in [0.25, 0.3) is 6.08 Å². The van der Waals surface area contributed by atoms with Gasteiger partial charge in [-0.1, -0.05) is 12.2 Å². The van der Waals surface area contributed by atoms with Crippen molar-refractivity contribution in [2.24, 2.45) is 0 Å². The highest BCUT2D eigenvalue weighted by molar-refractivity contribution is 6.05. The fourth-order valence-electron chi connectivity index (χ4n) is 3.40. The Balaban J connectivity index is 1.77. The third-order valence-electron chi connectivity index (χ3n) is 4.80. The van der Waals surface area contributed by atoms with Crippen molar-refractivity contribution in [3.8, 4) is 11.5 Å². The SMILES string of the molecule is C/C=C/c1cc(C(=O)Nc2ccc(N3CCCCC3)nc2)cc(OC)c1OC. The zero-order chi connectivity index (χ0) is 19.9. The summed E-state index contributed by atoms with van der Waals surface area (Å²) >= 11 is 0. The Morgan fingerprint density at radius 1 is 1.14 bits per heavy atom. The molecular formula is C22H27N3O3. The molecule has 0 saturated carbocycles. The third-order valence-corrected chi connectivity index (χ3v) is 4.80. The second-order valence-corrected chi connectivity index (χ2v) is 6.71. The molecular weight excluding hydrogens is 354 g/mol. The van der Waals surface area contributed by atoms with Gasteiger partial charge in [-0.2, -0.15) is 0 Å². The first-order valence-electron chi connectivity index (χ1n) is 9.57. The number of hydrogen-bond donors (Lipinski definition) is 1. The maximum atomic E-state index is 12.8. The normalized spacial score (nSPS) is 14.2. The molecule has 28 heavy (non-hydrogen) atoms. The van der Waals surface area contributed by atoms with E-state index in [-0.39, 0.29) is 5.91 Å². The minimum Gasteiger partial charge on any atom is -0.493 e. The summed E-state index contributed by atoms with van der Waals surface area (Å²) in [5, 5.41) is 2.91. The number of methoxy groups -OCH3 is 2. The number of amides is 1. The Morgan fingerprint density at radius 2 is 1.93 bits per heavy atom. The lowest BCUT2D eigenvalue weighted by molar-refractivity contribution is 0.102. The lowest BCUT2D eigenvalue weighted by atomic mass is 10.1. The highest BCUT2D eigenvalue weighted by Gasteiger charge is 2.16. The number of carbonyl (C=O) groups excluding carboxylic acids is 1. The van der Waals surface area contributed by atoms with Gasteiger partial charge in [-0.25, -0.2) is 4.98 Å². The number of pyridine rings is 1. The van der Waals surface area contributed by atoms with E-state index in [9.17, 15) is 4.79 Å². The summed E-state index contributed by atoms with van der Waals surface area (Å²) in [5.41, 5.74) is 1.94. The topological polar surface area (TPSA) is 63.7 Å². The van der Waals surface area contributed by atoms with Gasteiger partial charge < -0.3 is 19.7 Å². The van der Waals surface area contributed by atoms with E-state index in [1.54, 1.807) is 32.5 Å². The highest BCUT2D eigenvalue weighted by atomic mass is 16.5. The van der Waals surface area contributed by atoms with E-state index >= 15 is 0 Å². The molecule has 0 unspecified atom stereocenters. The standard InChI is InChI=1S/C22H27N3O3/c1-4-8-16-13-17(14-19(27-2)21(16)28-3)22(26)24-18-9-10-20(23-15-18)25-11-6-5-7-12-25/h4,8-10,13-15H,5-7,11-12H2,1-3H3,(H,24,26)/b8-4+. The molecule has 1 aliphatic rings. The lowest BCUT2D eigenvalue weighted by Crippen LogP contribution is -2.30. The Labute approximate surface area is 166 Å². The van der Waals surface area contributed by atoms with Gasteiger partial charge >= 0.3 is 0 Å². The number of piperidine rings is 1. The zero-order valence-electron chi connectivity index (χ0n) is 16.7. The quantitative estimate of drug-likeness (QED) is 0.805. The van der Waals surface area contributed by atoms with Crippen molar-refractivity contribution in [1.82, 2.24) is 4.98 Å². The smallest absolute Gasteiger partial charge is 0.255 e. The van der Waals surface area contributed by atoms with Crippen LogP contribution >= 0.6 is 0 Å². The van der Waals surface area contributed by atoms with Crippen LogP contribution in [0.4, 0.5) is 11.5 Å². The summed E-state index contributed by atoms with van der Waals surface area (Å²) in [6.07, 6.45) is 9.16. The number of ether oxygens (including phenoxy) is 2. The average molecular weight is 381 g/mol. The molecule has 1 aromatic carbocycles. The average Bonchev–Trinajstić information content (AvgIpc) is 2.74. The van der Waals surface area contributed by atoms with Gasteiger partial charge in [0.25, 0.3) is 5.91 Å². The minimum absolute atomic E-state index is 0.223. The summed E-state index contributed by atoms with van der Waals surface area (Å²) in [5.74, 6) is 1.85. The van der Waals surface area contributed by atoms with Gasteiger partial charge in [0.05, 0.1) is 26.1 Å². The van der Waals surface area contributed by atoms with Crippen LogP contribution in [-0.4, -0.2) is 38.2 Å². The van der Waals surface area contributed by atoms with Gasteiger partial charge in [0, 0.05) is 24.2 Å². The first-order chi connectivity index (χ1) is 13.7. The van der Waals surface area contributed by atoms with E-state index in [4.69, 9.17) is 9.47 Å². The largest absolute Gasteiger partial charge is 0.493 e. The van der Waals surface area contributed by atoms with Crippen LogP contribution in [0.5, 0.6) is 11.5 Å². The molecule has 1 aromatic heterocycles. The van der Waals surface area contributed by atoms with Crippen LogP contribution in [0, 0.1) is 0 Å². The van der Waals surface area contributed by atoms with Gasteiger partial charge in [0.15, 0.2) is 11.5 Å². The van der Waals surface area contributed by atoms with E-state index in [0.29, 0.717) is 22.7 Å². The predicted octanol–water partition coefficient (Wildman–Crippen LogP) is 4.37. The van der Waals surface area contributed by atoms with Crippen LogP contribution < -0.4 is 19.7 Å². The first-order valence-corrected chi connectivity index (χ1v) is 9.57. The Morgan fingerprint density at radius 3 is 2.54 bits per heavy atom. The van der Waals surface area contributed by atoms with E-state index in [1.807, 2.05) is 31.2 Å². The molecule has 3 rings (SSSR count).